The van der Waals surface area contributed by atoms with Crippen LogP contribution in [-0.2, 0) is 0 Å². The highest BCUT2D eigenvalue weighted by molar-refractivity contribution is 8.00. The Kier molecular flexibility index (Phi) is 5.16. The van der Waals surface area contributed by atoms with E-state index in [9.17, 15) is 4.79 Å². The van der Waals surface area contributed by atoms with Crippen molar-refractivity contribution >= 4 is 29.3 Å². The SMILES string of the molecule is CCC(CC)Sc1ccc(Cl)c(C(=O)O)c1. The second-order valence-electron chi connectivity index (χ2n) is 3.50. The fourth-order valence-corrected chi connectivity index (χ4v) is 2.64. The monoisotopic (exact) mass is 258 g/mol. The fourth-order valence-electron chi connectivity index (χ4n) is 1.39. The van der Waals surface area contributed by atoms with Gasteiger partial charge in [-0.3, -0.25) is 0 Å². The van der Waals surface area contributed by atoms with E-state index in [0.717, 1.165) is 17.7 Å². The first-order valence-corrected chi connectivity index (χ1v) is 6.53. The average Bonchev–Trinajstić information content (AvgIpc) is 2.27. The molecule has 1 aromatic rings. The zero-order chi connectivity index (χ0) is 12.1. The van der Waals surface area contributed by atoms with Gasteiger partial charge >= 0.3 is 5.97 Å². The summed E-state index contributed by atoms with van der Waals surface area (Å²) in [6.45, 7) is 4.27. The van der Waals surface area contributed by atoms with Gasteiger partial charge in [0.05, 0.1) is 10.6 Å². The molecule has 0 bridgehead atoms. The molecular formula is C12H15ClO2S. The highest BCUT2D eigenvalue weighted by atomic mass is 35.5. The highest BCUT2D eigenvalue weighted by Crippen LogP contribution is 2.30. The molecule has 0 saturated carbocycles. The Balaban J connectivity index is 2.90. The van der Waals surface area contributed by atoms with Crippen molar-refractivity contribution in [1.82, 2.24) is 0 Å². The summed E-state index contributed by atoms with van der Waals surface area (Å²) >= 11 is 7.51. The van der Waals surface area contributed by atoms with Crippen molar-refractivity contribution in [3.63, 3.8) is 0 Å². The van der Waals surface area contributed by atoms with Crippen LogP contribution in [0.3, 0.4) is 0 Å². The Hall–Kier alpha value is -0.670. The molecule has 0 radical (unpaired) electrons. The largest absolute Gasteiger partial charge is 0.478 e. The van der Waals surface area contributed by atoms with Crippen LogP contribution in [0.1, 0.15) is 37.0 Å². The number of thioether (sulfide) groups is 1. The third-order valence-electron chi connectivity index (χ3n) is 2.38. The summed E-state index contributed by atoms with van der Waals surface area (Å²) in [7, 11) is 0. The van der Waals surface area contributed by atoms with Gasteiger partial charge in [-0.2, -0.15) is 0 Å². The zero-order valence-electron chi connectivity index (χ0n) is 9.37. The van der Waals surface area contributed by atoms with Crippen LogP contribution in [0, 0.1) is 0 Å². The number of halogens is 1. The van der Waals surface area contributed by atoms with Gasteiger partial charge in [0, 0.05) is 10.1 Å². The molecule has 1 rings (SSSR count). The van der Waals surface area contributed by atoms with E-state index < -0.39 is 5.97 Å². The molecule has 88 valence electrons. The lowest BCUT2D eigenvalue weighted by molar-refractivity contribution is 0.0697. The first kappa shape index (κ1) is 13.4. The lowest BCUT2D eigenvalue weighted by Crippen LogP contribution is -2.00. The maximum Gasteiger partial charge on any atom is 0.337 e. The first-order chi connectivity index (χ1) is 7.58. The number of rotatable bonds is 5. The number of carboxylic acids is 1. The molecule has 1 N–H and O–H groups in total. The summed E-state index contributed by atoms with van der Waals surface area (Å²) in [5.41, 5.74) is 0.178. The van der Waals surface area contributed by atoms with E-state index in [1.54, 1.807) is 23.9 Å². The van der Waals surface area contributed by atoms with E-state index in [0.29, 0.717) is 10.3 Å². The minimum Gasteiger partial charge on any atom is -0.478 e. The molecule has 4 heteroatoms. The molecule has 0 amide bonds. The number of benzene rings is 1. The van der Waals surface area contributed by atoms with Crippen molar-refractivity contribution < 1.29 is 9.90 Å². The molecule has 2 nitrogen and oxygen atoms in total. The minimum absolute atomic E-state index is 0.178. The molecule has 0 saturated heterocycles. The molecule has 16 heavy (non-hydrogen) atoms. The summed E-state index contributed by atoms with van der Waals surface area (Å²) in [6, 6.07) is 5.17. The zero-order valence-corrected chi connectivity index (χ0v) is 10.9. The highest BCUT2D eigenvalue weighted by Gasteiger charge is 2.11. The average molecular weight is 259 g/mol. The van der Waals surface area contributed by atoms with Crippen LogP contribution in [0.15, 0.2) is 23.1 Å². The van der Waals surface area contributed by atoms with E-state index >= 15 is 0 Å². The third-order valence-corrected chi connectivity index (χ3v) is 4.24. The topological polar surface area (TPSA) is 37.3 Å². The Labute approximate surface area is 105 Å². The van der Waals surface area contributed by atoms with E-state index in [2.05, 4.69) is 13.8 Å². The van der Waals surface area contributed by atoms with Crippen LogP contribution in [0.5, 0.6) is 0 Å². The van der Waals surface area contributed by atoms with E-state index in [4.69, 9.17) is 16.7 Å². The summed E-state index contributed by atoms with van der Waals surface area (Å²) < 4.78 is 0. The van der Waals surface area contributed by atoms with Gasteiger partial charge in [0.25, 0.3) is 0 Å². The molecule has 0 aliphatic rings. The molecule has 0 aromatic heterocycles. The number of hydrogen-bond donors (Lipinski definition) is 1. The number of carbonyl (C=O) groups is 1. The van der Waals surface area contributed by atoms with Gasteiger partial charge < -0.3 is 5.11 Å². The third kappa shape index (κ3) is 3.42. The number of hydrogen-bond acceptors (Lipinski definition) is 2. The van der Waals surface area contributed by atoms with Gasteiger partial charge in [0.1, 0.15) is 0 Å². The van der Waals surface area contributed by atoms with Crippen LogP contribution in [0.4, 0.5) is 0 Å². The predicted octanol–water partition coefficient (Wildman–Crippen LogP) is 4.32. The van der Waals surface area contributed by atoms with Crippen LogP contribution < -0.4 is 0 Å². The van der Waals surface area contributed by atoms with Crippen molar-refractivity contribution in [3.05, 3.63) is 28.8 Å². The first-order valence-electron chi connectivity index (χ1n) is 5.28. The molecule has 0 heterocycles. The van der Waals surface area contributed by atoms with E-state index in [1.807, 2.05) is 6.07 Å². The number of carboxylic acid groups (broad SMARTS) is 1. The summed E-state index contributed by atoms with van der Waals surface area (Å²) in [5.74, 6) is -0.975. The maximum absolute atomic E-state index is 10.9. The van der Waals surface area contributed by atoms with E-state index in [1.165, 1.54) is 0 Å². The molecule has 1 aromatic carbocycles. The smallest absolute Gasteiger partial charge is 0.337 e. The van der Waals surface area contributed by atoms with Crippen LogP contribution in [-0.4, -0.2) is 16.3 Å². The van der Waals surface area contributed by atoms with Gasteiger partial charge in [-0.15, -0.1) is 11.8 Å². The Morgan fingerprint density at radius 3 is 2.56 bits per heavy atom. The molecule has 0 unspecified atom stereocenters. The predicted molar refractivity (Wildman–Crippen MR) is 68.6 cm³/mol. The van der Waals surface area contributed by atoms with Gasteiger partial charge in [0.2, 0.25) is 0 Å². The molecule has 0 fully saturated rings. The number of aromatic carboxylic acids is 1. The van der Waals surface area contributed by atoms with Crippen molar-refractivity contribution in [1.29, 1.82) is 0 Å². The van der Waals surface area contributed by atoms with Crippen molar-refractivity contribution in [3.8, 4) is 0 Å². The van der Waals surface area contributed by atoms with E-state index in [-0.39, 0.29) is 5.56 Å². The molecule has 0 aliphatic carbocycles. The second-order valence-corrected chi connectivity index (χ2v) is 5.28. The van der Waals surface area contributed by atoms with Crippen molar-refractivity contribution in [2.24, 2.45) is 0 Å². The Morgan fingerprint density at radius 1 is 1.44 bits per heavy atom. The fraction of sp³-hybridized carbons (Fsp3) is 0.417. The van der Waals surface area contributed by atoms with Crippen molar-refractivity contribution in [2.75, 3.05) is 0 Å². The van der Waals surface area contributed by atoms with Crippen LogP contribution in [0.25, 0.3) is 0 Å². The summed E-state index contributed by atoms with van der Waals surface area (Å²) in [6.07, 6.45) is 2.15. The van der Waals surface area contributed by atoms with Gasteiger partial charge in [-0.25, -0.2) is 4.79 Å². The molecule has 0 atom stereocenters. The lowest BCUT2D eigenvalue weighted by Gasteiger charge is -2.12. The molecule has 0 spiro atoms. The lowest BCUT2D eigenvalue weighted by atomic mass is 10.2. The van der Waals surface area contributed by atoms with Crippen LogP contribution in [0.2, 0.25) is 5.02 Å². The second kappa shape index (κ2) is 6.16. The Morgan fingerprint density at radius 2 is 2.06 bits per heavy atom. The van der Waals surface area contributed by atoms with Crippen molar-refractivity contribution in [2.45, 2.75) is 36.8 Å². The minimum atomic E-state index is -0.975. The summed E-state index contributed by atoms with van der Waals surface area (Å²) in [5, 5.41) is 9.77. The standard InChI is InChI=1S/C12H15ClO2S/c1-3-8(4-2)16-9-5-6-11(13)10(7-9)12(14)15/h5-8H,3-4H2,1-2H3,(H,14,15). The Bertz CT molecular complexity index is 375. The molecular weight excluding hydrogens is 244 g/mol. The maximum atomic E-state index is 10.9. The quantitative estimate of drug-likeness (QED) is 0.800. The van der Waals surface area contributed by atoms with Gasteiger partial charge in [-0.1, -0.05) is 25.4 Å². The molecule has 0 aliphatic heterocycles. The van der Waals surface area contributed by atoms with Crippen LogP contribution >= 0.6 is 23.4 Å². The normalized spacial score (nSPS) is 10.8. The van der Waals surface area contributed by atoms with Gasteiger partial charge in [-0.05, 0) is 31.0 Å². The van der Waals surface area contributed by atoms with Gasteiger partial charge in [0.15, 0.2) is 0 Å². The summed E-state index contributed by atoms with van der Waals surface area (Å²) in [4.78, 5) is 11.9.